The second kappa shape index (κ2) is 24.2. The van der Waals surface area contributed by atoms with Crippen LogP contribution in [0.4, 0.5) is 0 Å². The van der Waals surface area contributed by atoms with Gasteiger partial charge in [0.05, 0.1) is 6.54 Å². The minimum atomic E-state index is -0.833. The monoisotopic (exact) mass is 675 g/mol. The molecule has 0 amide bonds. The Morgan fingerprint density at radius 2 is 1.37 bits per heavy atom. The highest BCUT2D eigenvalue weighted by molar-refractivity contribution is 5.75. The van der Waals surface area contributed by atoms with E-state index in [-0.39, 0.29) is 6.04 Å². The molecule has 1 N–H and O–H groups in total. The third-order valence-electron chi connectivity index (χ3n) is 8.11. The molecule has 7 heteroatoms. The molecule has 3 aromatic carbocycles. The molecule has 2 atom stereocenters. The van der Waals surface area contributed by atoms with Gasteiger partial charge in [-0.25, -0.2) is 0 Å². The number of ketones is 1. The molecule has 0 radical (unpaired) electrons. The van der Waals surface area contributed by atoms with Crippen LogP contribution in [0.3, 0.4) is 0 Å². The van der Waals surface area contributed by atoms with Gasteiger partial charge >= 0.3 is 0 Å². The maximum atomic E-state index is 11.1. The van der Waals surface area contributed by atoms with E-state index in [9.17, 15) is 9.59 Å². The number of hydrogen-bond donors (Lipinski definition) is 1. The van der Waals surface area contributed by atoms with Crippen LogP contribution in [0.15, 0.2) is 60.7 Å². The second-order valence-electron chi connectivity index (χ2n) is 12.2. The quantitative estimate of drug-likeness (QED) is 0.226. The predicted molar refractivity (Wildman–Crippen MR) is 201 cm³/mol. The molecule has 0 spiro atoms. The summed E-state index contributed by atoms with van der Waals surface area (Å²) >= 11 is 0. The van der Waals surface area contributed by atoms with Crippen molar-refractivity contribution in [3.05, 3.63) is 94.0 Å². The van der Waals surface area contributed by atoms with E-state index >= 15 is 0 Å². The van der Waals surface area contributed by atoms with Gasteiger partial charge in [0.15, 0.2) is 11.5 Å². The maximum absolute atomic E-state index is 11.1. The van der Waals surface area contributed by atoms with Gasteiger partial charge in [0.1, 0.15) is 25.3 Å². The Labute approximate surface area is 296 Å². The highest BCUT2D eigenvalue weighted by Crippen LogP contribution is 2.42. The Morgan fingerprint density at radius 3 is 1.86 bits per heavy atom. The zero-order chi connectivity index (χ0) is 36.8. The number of Topliss-reactive ketones (excluding diaryl/α,β-unsaturated/α-hetero) is 1. The third-order valence-corrected chi connectivity index (χ3v) is 8.11. The van der Waals surface area contributed by atoms with Gasteiger partial charge < -0.3 is 24.2 Å². The van der Waals surface area contributed by atoms with Crippen LogP contribution in [0.5, 0.6) is 11.5 Å². The Balaban J connectivity index is 0.000000413. The number of aliphatic carboxylic acids is 1. The van der Waals surface area contributed by atoms with Gasteiger partial charge in [-0.05, 0) is 86.8 Å². The summed E-state index contributed by atoms with van der Waals surface area (Å²) in [5.74, 6) is 1.53. The van der Waals surface area contributed by atoms with Crippen molar-refractivity contribution in [2.24, 2.45) is 0 Å². The minimum Gasteiger partial charge on any atom is -0.486 e. The van der Waals surface area contributed by atoms with E-state index in [1.54, 1.807) is 6.92 Å². The van der Waals surface area contributed by atoms with Gasteiger partial charge in [-0.15, -0.1) is 0 Å². The predicted octanol–water partition coefficient (Wildman–Crippen LogP) is 9.50. The summed E-state index contributed by atoms with van der Waals surface area (Å²) in [6.07, 6.45) is 7.25. The lowest BCUT2D eigenvalue weighted by Gasteiger charge is -2.22. The molecule has 2 aliphatic heterocycles. The lowest BCUT2D eigenvalue weighted by atomic mass is 9.93. The van der Waals surface area contributed by atoms with Crippen LogP contribution in [-0.4, -0.2) is 54.3 Å². The molecule has 0 bridgehead atoms. The molecule has 1 fully saturated rings. The largest absolute Gasteiger partial charge is 0.486 e. The summed E-state index contributed by atoms with van der Waals surface area (Å²) in [5, 5.41) is 7.42. The van der Waals surface area contributed by atoms with E-state index in [2.05, 4.69) is 94.1 Å². The molecule has 3 aromatic rings. The van der Waals surface area contributed by atoms with Crippen molar-refractivity contribution >= 4 is 18.0 Å². The number of carboxylic acids is 1. The number of unbranched alkanes of at least 4 members (excludes halogenated alkanes) is 1. The van der Waals surface area contributed by atoms with Crippen LogP contribution in [0, 0.1) is 13.8 Å². The third kappa shape index (κ3) is 16.3. The minimum absolute atomic E-state index is 0.281. The SMILES string of the molecule is CC.CC(=O)O.CCCCC(C)=O.CCc1cc(C)cc(CC)c1.Cc1ccc(C2CC(c3ccc4c(c3)OCCO4)CN2CC=O)cc1. The lowest BCUT2D eigenvalue weighted by Crippen LogP contribution is -2.25. The first-order valence-corrected chi connectivity index (χ1v) is 17.9. The number of benzene rings is 3. The molecule has 0 aliphatic carbocycles. The summed E-state index contributed by atoms with van der Waals surface area (Å²) < 4.78 is 11.3. The molecule has 7 nitrogen and oxygen atoms in total. The van der Waals surface area contributed by atoms with Crippen LogP contribution in [-0.2, 0) is 27.2 Å². The number of carboxylic acid groups (broad SMARTS) is 1. The first-order chi connectivity index (χ1) is 23.5. The molecule has 0 aromatic heterocycles. The van der Waals surface area contributed by atoms with Crippen molar-refractivity contribution in [3.8, 4) is 11.5 Å². The topological polar surface area (TPSA) is 93.1 Å². The fraction of sp³-hybridized carbons (Fsp3) is 0.500. The lowest BCUT2D eigenvalue weighted by molar-refractivity contribution is -0.134. The average Bonchev–Trinajstić information content (AvgIpc) is 3.52. The van der Waals surface area contributed by atoms with Crippen molar-refractivity contribution in [3.63, 3.8) is 0 Å². The molecule has 0 saturated carbocycles. The highest BCUT2D eigenvalue weighted by atomic mass is 16.6. The van der Waals surface area contributed by atoms with Crippen LogP contribution < -0.4 is 9.47 Å². The Kier molecular flexibility index (Phi) is 21.3. The Morgan fingerprint density at radius 1 is 0.816 bits per heavy atom. The number of carbonyl (C=O) groups excluding carboxylic acids is 2. The van der Waals surface area contributed by atoms with Crippen LogP contribution in [0.25, 0.3) is 0 Å². The summed E-state index contributed by atoms with van der Waals surface area (Å²) in [4.78, 5) is 32.6. The van der Waals surface area contributed by atoms with Crippen LogP contribution >= 0.6 is 0 Å². The summed E-state index contributed by atoms with van der Waals surface area (Å²) in [5.41, 5.74) is 8.11. The number of fused-ring (bicyclic) bond motifs is 1. The van der Waals surface area contributed by atoms with Gasteiger partial charge in [-0.3, -0.25) is 9.69 Å². The van der Waals surface area contributed by atoms with Gasteiger partial charge in [-0.2, -0.15) is 0 Å². The first-order valence-electron chi connectivity index (χ1n) is 17.9. The number of aldehydes is 1. The average molecular weight is 676 g/mol. The smallest absolute Gasteiger partial charge is 0.300 e. The fourth-order valence-electron chi connectivity index (χ4n) is 5.67. The number of nitrogens with zero attached hydrogens (tertiary/aromatic N) is 1. The molecular weight excluding hydrogens is 614 g/mol. The van der Waals surface area contributed by atoms with E-state index in [1.807, 2.05) is 19.9 Å². The van der Waals surface area contributed by atoms with Crippen LogP contribution in [0.1, 0.15) is 119 Å². The molecule has 5 rings (SSSR count). The molecule has 270 valence electrons. The number of carbonyl (C=O) groups is 3. The van der Waals surface area contributed by atoms with Gasteiger partial charge in [0.2, 0.25) is 0 Å². The van der Waals surface area contributed by atoms with E-state index < -0.39 is 5.97 Å². The molecule has 2 heterocycles. The van der Waals surface area contributed by atoms with Gasteiger partial charge in [0.25, 0.3) is 5.97 Å². The normalized spacial score (nSPS) is 15.8. The molecule has 2 aliphatic rings. The first kappa shape index (κ1) is 43.1. The highest BCUT2D eigenvalue weighted by Gasteiger charge is 2.34. The molecule has 49 heavy (non-hydrogen) atoms. The Hall–Kier alpha value is -3.97. The standard InChI is InChI=1S/C21H23NO3.C11H16.C6H12O.C2H4O2.C2H6/c1-15-2-4-16(5-3-15)19-12-18(14-22(19)8-9-23)17-6-7-20-21(13-17)25-11-10-24-20;1-4-10-6-9(3)7-11(5-2)8-10;1-3-4-5-6(2)7;1-2(3)4;1-2/h2-7,9,13,18-19H,8,10-12,14H2,1H3;6-8H,4-5H2,1-3H3;3-5H2,1-2H3;1H3,(H,3,4);1-2H3. The van der Waals surface area contributed by atoms with Crippen molar-refractivity contribution < 1.29 is 29.0 Å². The molecular formula is C42H61NO6. The maximum Gasteiger partial charge on any atom is 0.300 e. The summed E-state index contributed by atoms with van der Waals surface area (Å²) in [6.45, 7) is 20.0. The Bertz CT molecular complexity index is 1370. The van der Waals surface area contributed by atoms with E-state index in [1.165, 1.54) is 33.4 Å². The van der Waals surface area contributed by atoms with E-state index in [4.69, 9.17) is 19.4 Å². The number of rotatable bonds is 9. The fourth-order valence-corrected chi connectivity index (χ4v) is 5.67. The van der Waals surface area contributed by atoms with Gasteiger partial charge in [-0.1, -0.05) is 101 Å². The van der Waals surface area contributed by atoms with Crippen molar-refractivity contribution in [1.29, 1.82) is 0 Å². The van der Waals surface area contributed by atoms with Crippen molar-refractivity contribution in [2.75, 3.05) is 26.3 Å². The number of ether oxygens (including phenoxy) is 2. The number of aryl methyl sites for hydroxylation is 4. The molecule has 1 saturated heterocycles. The zero-order valence-electron chi connectivity index (χ0n) is 31.5. The van der Waals surface area contributed by atoms with E-state index in [0.717, 1.165) is 69.8 Å². The summed E-state index contributed by atoms with van der Waals surface area (Å²) in [7, 11) is 0. The van der Waals surface area contributed by atoms with Crippen molar-refractivity contribution in [1.82, 2.24) is 4.90 Å². The summed E-state index contributed by atoms with van der Waals surface area (Å²) in [6, 6.07) is 22.0. The van der Waals surface area contributed by atoms with Crippen molar-refractivity contribution in [2.45, 2.75) is 113 Å². The van der Waals surface area contributed by atoms with Crippen LogP contribution in [0.2, 0.25) is 0 Å². The number of hydrogen-bond acceptors (Lipinski definition) is 6. The number of likely N-dealkylation sites (tertiary alicyclic amines) is 1. The zero-order valence-corrected chi connectivity index (χ0v) is 31.5. The van der Waals surface area contributed by atoms with Gasteiger partial charge in [0, 0.05) is 25.9 Å². The second-order valence-corrected chi connectivity index (χ2v) is 12.2. The molecule has 2 unspecified atom stereocenters. The van der Waals surface area contributed by atoms with E-state index in [0.29, 0.717) is 31.5 Å².